The molecule has 1 aliphatic heterocycles. The maximum atomic E-state index is 13.8. The summed E-state index contributed by atoms with van der Waals surface area (Å²) in [5, 5.41) is 9.24. The second kappa shape index (κ2) is 8.11. The van der Waals surface area contributed by atoms with Crippen LogP contribution < -0.4 is 4.74 Å². The zero-order valence-corrected chi connectivity index (χ0v) is 20.9. The van der Waals surface area contributed by atoms with Crippen molar-refractivity contribution in [3.05, 3.63) is 82.9 Å². The number of amides is 1. The van der Waals surface area contributed by atoms with Gasteiger partial charge in [-0.1, -0.05) is 62.8 Å². The lowest BCUT2D eigenvalue weighted by Crippen LogP contribution is -2.51. The average Bonchev–Trinajstić information content (AvgIpc) is 3.65. The second-order valence-corrected chi connectivity index (χ2v) is 11.0. The summed E-state index contributed by atoms with van der Waals surface area (Å²) in [6.45, 7) is 8.08. The van der Waals surface area contributed by atoms with Gasteiger partial charge in [-0.2, -0.15) is 0 Å². The van der Waals surface area contributed by atoms with Crippen molar-refractivity contribution in [2.24, 2.45) is 10.8 Å². The van der Waals surface area contributed by atoms with E-state index in [4.69, 9.17) is 4.74 Å². The number of aromatic carboxylic acids is 1. The van der Waals surface area contributed by atoms with Crippen LogP contribution in [0.5, 0.6) is 5.75 Å². The molecule has 1 heterocycles. The molecule has 0 saturated heterocycles. The molecule has 3 aliphatic rings. The molecule has 5 heteroatoms. The van der Waals surface area contributed by atoms with Crippen LogP contribution in [0.1, 0.15) is 61.5 Å². The Labute approximate surface area is 207 Å². The number of allylic oxidation sites excluding steroid dienone is 2. The van der Waals surface area contributed by atoms with Crippen molar-refractivity contribution in [2.75, 3.05) is 20.2 Å². The van der Waals surface area contributed by atoms with Gasteiger partial charge in [-0.05, 0) is 60.2 Å². The number of carbonyl (C=O) groups is 2. The molecule has 182 valence electrons. The smallest absolute Gasteiger partial charge is 0.335 e. The Hall–Kier alpha value is -3.34. The van der Waals surface area contributed by atoms with Gasteiger partial charge in [-0.3, -0.25) is 4.79 Å². The number of benzene rings is 2. The average molecular weight is 472 g/mol. The Morgan fingerprint density at radius 2 is 1.60 bits per heavy atom. The number of carboxylic acids is 1. The van der Waals surface area contributed by atoms with Crippen LogP contribution >= 0.6 is 0 Å². The van der Waals surface area contributed by atoms with Gasteiger partial charge < -0.3 is 14.7 Å². The van der Waals surface area contributed by atoms with Crippen molar-refractivity contribution in [3.63, 3.8) is 0 Å². The molecule has 1 fully saturated rings. The van der Waals surface area contributed by atoms with Crippen LogP contribution in [-0.2, 0) is 10.2 Å². The highest BCUT2D eigenvalue weighted by atomic mass is 16.5. The van der Waals surface area contributed by atoms with Gasteiger partial charge >= 0.3 is 5.97 Å². The molecular formula is C30H33NO4. The van der Waals surface area contributed by atoms with Crippen LogP contribution in [0.2, 0.25) is 0 Å². The molecular weight excluding hydrogens is 438 g/mol. The molecule has 0 spiro atoms. The van der Waals surface area contributed by atoms with Crippen LogP contribution in [0.15, 0.2) is 66.3 Å². The monoisotopic (exact) mass is 471 g/mol. The largest absolute Gasteiger partial charge is 0.497 e. The van der Waals surface area contributed by atoms with Crippen molar-refractivity contribution >= 4 is 17.4 Å². The summed E-state index contributed by atoms with van der Waals surface area (Å²) in [4.78, 5) is 27.1. The molecule has 5 nitrogen and oxygen atoms in total. The Morgan fingerprint density at radius 1 is 0.943 bits per heavy atom. The maximum Gasteiger partial charge on any atom is 0.335 e. The van der Waals surface area contributed by atoms with E-state index < -0.39 is 11.4 Å². The fourth-order valence-electron chi connectivity index (χ4n) is 6.32. The minimum absolute atomic E-state index is 0.127. The number of carbonyl (C=O) groups excluding carboxylic acids is 1. The molecule has 35 heavy (non-hydrogen) atoms. The standard InChI is InChI=1S/C30H33NO4/c1-28(2)24(20-5-7-21(8-6-20)26(32)33)13-15-29(3)19-31(18-14-25(28)29)27(34)30(16-17-30)22-9-11-23(35-4)12-10-22/h5-14H,15-19H2,1-4H3,(H,32,33)/t29-/m1/s1. The first-order valence-corrected chi connectivity index (χ1v) is 12.3. The van der Waals surface area contributed by atoms with Gasteiger partial charge in [0.25, 0.3) is 0 Å². The van der Waals surface area contributed by atoms with Crippen LogP contribution in [0.25, 0.3) is 5.57 Å². The summed E-state index contributed by atoms with van der Waals surface area (Å²) >= 11 is 0. The number of ether oxygens (including phenoxy) is 1. The first-order valence-electron chi connectivity index (χ1n) is 12.3. The lowest BCUT2D eigenvalue weighted by Gasteiger charge is -2.51. The third-order valence-electron chi connectivity index (χ3n) is 8.34. The molecule has 1 saturated carbocycles. The van der Waals surface area contributed by atoms with Crippen molar-refractivity contribution in [1.82, 2.24) is 4.90 Å². The zero-order chi connectivity index (χ0) is 25.0. The number of carboxylic acid groups (broad SMARTS) is 1. The number of hydrogen-bond acceptors (Lipinski definition) is 3. The number of hydrogen-bond donors (Lipinski definition) is 1. The Bertz CT molecular complexity index is 1230. The topological polar surface area (TPSA) is 66.8 Å². The molecule has 0 unspecified atom stereocenters. The van der Waals surface area contributed by atoms with Gasteiger partial charge in [-0.25, -0.2) is 4.79 Å². The van der Waals surface area contributed by atoms with Crippen molar-refractivity contribution in [1.29, 1.82) is 0 Å². The quantitative estimate of drug-likeness (QED) is 0.567. The van der Waals surface area contributed by atoms with Gasteiger partial charge in [-0.15, -0.1) is 0 Å². The Morgan fingerprint density at radius 3 is 2.17 bits per heavy atom. The van der Waals surface area contributed by atoms with E-state index in [9.17, 15) is 14.7 Å². The van der Waals surface area contributed by atoms with Crippen LogP contribution in [0, 0.1) is 10.8 Å². The number of nitrogens with zero attached hydrogens (tertiary/aromatic N) is 1. The fourth-order valence-corrected chi connectivity index (χ4v) is 6.32. The highest BCUT2D eigenvalue weighted by Gasteiger charge is 2.55. The maximum absolute atomic E-state index is 13.8. The van der Waals surface area contributed by atoms with Gasteiger partial charge in [0.05, 0.1) is 18.1 Å². The van der Waals surface area contributed by atoms with Gasteiger partial charge in [0.1, 0.15) is 5.75 Å². The minimum atomic E-state index is -0.913. The fraction of sp³-hybridized carbons (Fsp3) is 0.400. The summed E-state index contributed by atoms with van der Waals surface area (Å²) in [5.41, 5.74) is 4.28. The molecule has 0 aromatic heterocycles. The molecule has 5 rings (SSSR count). The summed E-state index contributed by atoms with van der Waals surface area (Å²) in [5.74, 6) is 0.125. The van der Waals surface area contributed by atoms with Gasteiger partial charge in [0.15, 0.2) is 0 Å². The molecule has 0 bridgehead atoms. The molecule has 1 atom stereocenters. The van der Waals surface area contributed by atoms with Crippen molar-refractivity contribution < 1.29 is 19.4 Å². The Kier molecular flexibility index (Phi) is 5.42. The van der Waals surface area contributed by atoms with Crippen LogP contribution in [-0.4, -0.2) is 42.1 Å². The molecule has 2 aliphatic carbocycles. The first kappa shape index (κ1) is 23.4. The van der Waals surface area contributed by atoms with Crippen molar-refractivity contribution in [3.8, 4) is 5.75 Å². The van der Waals surface area contributed by atoms with E-state index in [2.05, 4.69) is 37.8 Å². The number of fused-ring (bicyclic) bond motifs is 1. The minimum Gasteiger partial charge on any atom is -0.497 e. The predicted octanol–water partition coefficient (Wildman–Crippen LogP) is 5.71. The third-order valence-corrected chi connectivity index (χ3v) is 8.34. The second-order valence-electron chi connectivity index (χ2n) is 11.0. The van der Waals surface area contributed by atoms with E-state index in [0.29, 0.717) is 18.7 Å². The van der Waals surface area contributed by atoms with Gasteiger partial charge in [0.2, 0.25) is 5.91 Å². The summed E-state index contributed by atoms with van der Waals surface area (Å²) in [7, 11) is 1.65. The van der Waals surface area contributed by atoms with E-state index in [-0.39, 0.29) is 16.7 Å². The summed E-state index contributed by atoms with van der Waals surface area (Å²) in [6.07, 6.45) is 7.19. The number of methoxy groups -OCH3 is 1. The molecule has 1 N–H and O–H groups in total. The highest BCUT2D eigenvalue weighted by molar-refractivity contribution is 5.92. The van der Waals surface area contributed by atoms with E-state index in [0.717, 1.165) is 36.1 Å². The van der Waals surface area contributed by atoms with E-state index >= 15 is 0 Å². The predicted molar refractivity (Wildman–Crippen MR) is 136 cm³/mol. The molecule has 1 amide bonds. The SMILES string of the molecule is COc1ccc(C2(C(=O)N3CC=C4C(C)(C)C(c5ccc(C(=O)O)cc5)=CC[C@]4(C)C3)CC2)cc1. The lowest BCUT2D eigenvalue weighted by atomic mass is 9.58. The molecule has 0 radical (unpaired) electrons. The first-order chi connectivity index (χ1) is 16.6. The third kappa shape index (κ3) is 3.78. The van der Waals surface area contributed by atoms with E-state index in [1.54, 1.807) is 19.2 Å². The normalized spacial score (nSPS) is 24.1. The zero-order valence-electron chi connectivity index (χ0n) is 20.9. The lowest BCUT2D eigenvalue weighted by molar-refractivity contribution is -0.135. The Balaban J connectivity index is 1.40. The van der Waals surface area contributed by atoms with Gasteiger partial charge in [0, 0.05) is 23.9 Å². The van der Waals surface area contributed by atoms with E-state index in [1.165, 1.54) is 11.1 Å². The summed E-state index contributed by atoms with van der Waals surface area (Å²) in [6, 6.07) is 15.1. The molecule has 2 aromatic carbocycles. The van der Waals surface area contributed by atoms with Crippen LogP contribution in [0.3, 0.4) is 0 Å². The number of rotatable bonds is 5. The van der Waals surface area contributed by atoms with E-state index in [1.807, 2.05) is 36.4 Å². The van der Waals surface area contributed by atoms with Crippen molar-refractivity contribution in [2.45, 2.75) is 45.4 Å². The van der Waals surface area contributed by atoms with Crippen LogP contribution in [0.4, 0.5) is 0 Å². The molecule has 2 aromatic rings. The highest BCUT2D eigenvalue weighted by Crippen LogP contribution is 2.56. The summed E-state index contributed by atoms with van der Waals surface area (Å²) < 4.78 is 5.29.